The zero-order valence-electron chi connectivity index (χ0n) is 16.1. The highest BCUT2D eigenvalue weighted by atomic mass is 32.2. The molecule has 0 saturated heterocycles. The van der Waals surface area contributed by atoms with Gasteiger partial charge in [0.15, 0.2) is 0 Å². The third kappa shape index (κ3) is 3.12. The van der Waals surface area contributed by atoms with Crippen molar-refractivity contribution in [1.82, 2.24) is 4.31 Å². The Morgan fingerprint density at radius 1 is 1.00 bits per heavy atom. The lowest BCUT2D eigenvalue weighted by molar-refractivity contribution is -0.711. The molecule has 4 rings (SSSR count). The van der Waals surface area contributed by atoms with E-state index in [2.05, 4.69) is 5.32 Å². The van der Waals surface area contributed by atoms with Gasteiger partial charge in [0.25, 0.3) is 0 Å². The lowest BCUT2D eigenvalue weighted by atomic mass is 9.79. The van der Waals surface area contributed by atoms with E-state index in [9.17, 15) is 8.42 Å². The normalized spacial score (nSPS) is 33.1. The number of sulfonamides is 1. The number of nitrogens with zero attached hydrogens (tertiary/aromatic N) is 1. The molecule has 2 N–H and O–H groups in total. The van der Waals surface area contributed by atoms with Crippen LogP contribution in [0.4, 0.5) is 0 Å². The van der Waals surface area contributed by atoms with Crippen molar-refractivity contribution >= 4 is 10.0 Å². The van der Waals surface area contributed by atoms with E-state index in [0.29, 0.717) is 18.0 Å². The summed E-state index contributed by atoms with van der Waals surface area (Å²) in [6, 6.07) is 8.35. The van der Waals surface area contributed by atoms with Gasteiger partial charge in [0.2, 0.25) is 10.0 Å². The van der Waals surface area contributed by atoms with E-state index < -0.39 is 10.0 Å². The molecular formula is C21H33N2O2S+. The third-order valence-corrected chi connectivity index (χ3v) is 9.47. The summed E-state index contributed by atoms with van der Waals surface area (Å²) in [5.74, 6) is 4.00. The van der Waals surface area contributed by atoms with Crippen LogP contribution in [-0.2, 0) is 16.6 Å². The molecule has 1 aromatic carbocycles. The highest BCUT2D eigenvalue weighted by Gasteiger charge is 2.55. The second-order valence-corrected chi connectivity index (χ2v) is 10.4. The van der Waals surface area contributed by atoms with E-state index in [1.165, 1.54) is 42.0 Å². The molecule has 26 heavy (non-hydrogen) atoms. The number of hydrogen-bond donors (Lipinski definition) is 1. The smallest absolute Gasteiger partial charge is 0.243 e. The van der Waals surface area contributed by atoms with Crippen molar-refractivity contribution in [2.45, 2.75) is 63.4 Å². The molecule has 0 unspecified atom stereocenters. The van der Waals surface area contributed by atoms with Crippen molar-refractivity contribution in [1.29, 1.82) is 0 Å². The SMILES string of the molecule is CCN(CC)S(=O)(=O)c1ccc(C[NH2+][C@H]2C[C@H]3C[C@H]2[C@H]2CCC[C@H]32)cc1. The van der Waals surface area contributed by atoms with Crippen LogP contribution >= 0.6 is 0 Å². The minimum atomic E-state index is -3.34. The molecule has 1 aromatic rings. The Kier molecular flexibility index (Phi) is 5.15. The van der Waals surface area contributed by atoms with Crippen molar-refractivity contribution in [3.63, 3.8) is 0 Å². The molecule has 3 aliphatic rings. The van der Waals surface area contributed by atoms with Crippen molar-refractivity contribution in [3.05, 3.63) is 29.8 Å². The fourth-order valence-corrected chi connectivity index (χ4v) is 7.65. The first kappa shape index (κ1) is 18.5. The van der Waals surface area contributed by atoms with Crippen LogP contribution in [0.3, 0.4) is 0 Å². The lowest BCUT2D eigenvalue weighted by Gasteiger charge is -2.30. The largest absolute Gasteiger partial charge is 0.340 e. The molecule has 3 aliphatic carbocycles. The maximum atomic E-state index is 12.6. The zero-order valence-corrected chi connectivity index (χ0v) is 16.9. The summed E-state index contributed by atoms with van der Waals surface area (Å²) in [6.45, 7) is 5.77. The van der Waals surface area contributed by atoms with Crippen LogP contribution in [-0.4, -0.2) is 31.9 Å². The molecule has 0 aliphatic heterocycles. The summed E-state index contributed by atoms with van der Waals surface area (Å²) in [6.07, 6.45) is 7.28. The fourth-order valence-electron chi connectivity index (χ4n) is 6.19. The Hall–Kier alpha value is -0.910. The number of quaternary nitrogens is 1. The van der Waals surface area contributed by atoms with Gasteiger partial charge in [-0.25, -0.2) is 8.42 Å². The van der Waals surface area contributed by atoms with Crippen LogP contribution in [0.2, 0.25) is 0 Å². The quantitative estimate of drug-likeness (QED) is 0.794. The maximum Gasteiger partial charge on any atom is 0.243 e. The average Bonchev–Trinajstić information content (AvgIpc) is 3.34. The van der Waals surface area contributed by atoms with Crippen LogP contribution in [0.1, 0.15) is 51.5 Å². The molecule has 0 aromatic heterocycles. The van der Waals surface area contributed by atoms with Gasteiger partial charge in [0.1, 0.15) is 6.54 Å². The van der Waals surface area contributed by atoms with Gasteiger partial charge >= 0.3 is 0 Å². The summed E-state index contributed by atoms with van der Waals surface area (Å²) in [5, 5.41) is 2.53. The Bertz CT molecular complexity index is 727. The van der Waals surface area contributed by atoms with Gasteiger partial charge in [-0.2, -0.15) is 4.31 Å². The number of nitrogens with two attached hydrogens (primary N) is 1. The first-order valence-corrected chi connectivity index (χ1v) is 11.9. The zero-order chi connectivity index (χ0) is 18.3. The molecule has 3 saturated carbocycles. The number of fused-ring (bicyclic) bond motifs is 5. The molecule has 5 atom stereocenters. The standard InChI is InChI=1S/C21H32N2O2S/c1-3-23(4-2)26(24,25)17-10-8-15(9-11-17)14-22-21-13-16-12-20(21)19-7-5-6-18(16)19/h8-11,16,18-22H,3-7,12-14H2,1-2H3/p+1/t16-,18-,19+,20+,21+/m1/s1. The topological polar surface area (TPSA) is 54.0 Å². The molecule has 0 heterocycles. The summed E-state index contributed by atoms with van der Waals surface area (Å²) < 4.78 is 26.7. The first-order valence-electron chi connectivity index (χ1n) is 10.5. The van der Waals surface area contributed by atoms with Gasteiger partial charge in [-0.05, 0) is 49.1 Å². The summed E-state index contributed by atoms with van der Waals surface area (Å²) in [7, 11) is -3.34. The van der Waals surface area contributed by atoms with Crippen molar-refractivity contribution in [2.75, 3.05) is 13.1 Å². The van der Waals surface area contributed by atoms with Crippen LogP contribution in [0.15, 0.2) is 29.2 Å². The van der Waals surface area contributed by atoms with Gasteiger partial charge in [-0.15, -0.1) is 0 Å². The van der Waals surface area contributed by atoms with E-state index in [1.807, 2.05) is 26.0 Å². The molecule has 4 nitrogen and oxygen atoms in total. The number of hydrogen-bond acceptors (Lipinski definition) is 2. The summed E-state index contributed by atoms with van der Waals surface area (Å²) in [5.41, 5.74) is 1.23. The first-order chi connectivity index (χ1) is 12.5. The second-order valence-electron chi connectivity index (χ2n) is 8.49. The molecular weight excluding hydrogens is 344 g/mol. The molecule has 0 spiro atoms. The third-order valence-electron chi connectivity index (χ3n) is 7.40. The Labute approximate surface area is 158 Å². The van der Waals surface area contributed by atoms with Crippen LogP contribution < -0.4 is 5.32 Å². The lowest BCUT2D eigenvalue weighted by Crippen LogP contribution is -2.90. The average molecular weight is 378 g/mol. The van der Waals surface area contributed by atoms with Gasteiger partial charge in [0, 0.05) is 31.0 Å². The molecule has 0 amide bonds. The Balaban J connectivity index is 1.37. The minimum absolute atomic E-state index is 0.415. The van der Waals surface area contributed by atoms with Crippen LogP contribution in [0.5, 0.6) is 0 Å². The minimum Gasteiger partial charge on any atom is -0.340 e. The second kappa shape index (κ2) is 7.25. The van der Waals surface area contributed by atoms with Gasteiger partial charge in [0.05, 0.1) is 10.9 Å². The van der Waals surface area contributed by atoms with Gasteiger partial charge < -0.3 is 5.32 Å². The number of benzene rings is 1. The summed E-state index contributed by atoms with van der Waals surface area (Å²) in [4.78, 5) is 0.415. The molecule has 3 fully saturated rings. The highest BCUT2D eigenvalue weighted by Crippen LogP contribution is 2.57. The number of rotatable bonds is 7. The Morgan fingerprint density at radius 2 is 1.69 bits per heavy atom. The van der Waals surface area contributed by atoms with Gasteiger partial charge in [-0.3, -0.25) is 0 Å². The van der Waals surface area contributed by atoms with Crippen LogP contribution in [0.25, 0.3) is 0 Å². The van der Waals surface area contributed by atoms with E-state index >= 15 is 0 Å². The van der Waals surface area contributed by atoms with Crippen molar-refractivity contribution < 1.29 is 13.7 Å². The van der Waals surface area contributed by atoms with E-state index in [1.54, 1.807) is 12.1 Å². The predicted molar refractivity (Wildman–Crippen MR) is 103 cm³/mol. The fraction of sp³-hybridized carbons (Fsp3) is 0.714. The molecule has 5 heteroatoms. The predicted octanol–water partition coefficient (Wildman–Crippen LogP) is 2.61. The maximum absolute atomic E-state index is 12.6. The van der Waals surface area contributed by atoms with Crippen molar-refractivity contribution in [2.24, 2.45) is 23.7 Å². The van der Waals surface area contributed by atoms with E-state index in [0.717, 1.165) is 36.3 Å². The Morgan fingerprint density at radius 3 is 2.38 bits per heavy atom. The van der Waals surface area contributed by atoms with Crippen LogP contribution in [0, 0.1) is 23.7 Å². The monoisotopic (exact) mass is 377 g/mol. The molecule has 0 radical (unpaired) electrons. The van der Waals surface area contributed by atoms with E-state index in [-0.39, 0.29) is 0 Å². The van der Waals surface area contributed by atoms with Crippen molar-refractivity contribution in [3.8, 4) is 0 Å². The summed E-state index contributed by atoms with van der Waals surface area (Å²) >= 11 is 0. The highest BCUT2D eigenvalue weighted by molar-refractivity contribution is 7.89. The van der Waals surface area contributed by atoms with Gasteiger partial charge in [-0.1, -0.05) is 32.4 Å². The van der Waals surface area contributed by atoms with E-state index in [4.69, 9.17) is 0 Å². The molecule has 144 valence electrons. The molecule has 2 bridgehead atoms.